The standard InChI is InChI=1S/C23H21ClN5O7P/c1-14-12-29(23(32)26-21(14)30)20-11-18(27-28-25)19(35-20)13-34-37(33,22(31)15-5-3-2-4-6-15)36-17-9-7-16(24)8-10-17/h2-10,12,18-20H,11,13H2,1H3,(H,26,30,32)/t18-,19+,20+,37?/m0/s1. The number of H-pyrrole nitrogens is 1. The van der Waals surface area contributed by atoms with E-state index in [1.807, 2.05) is 0 Å². The van der Waals surface area contributed by atoms with Crippen LogP contribution in [0.4, 0.5) is 0 Å². The normalized spacial score (nSPS) is 20.5. The van der Waals surface area contributed by atoms with Crippen LogP contribution in [0.3, 0.4) is 0 Å². The number of aromatic nitrogens is 2. The van der Waals surface area contributed by atoms with Crippen molar-refractivity contribution in [1.29, 1.82) is 0 Å². The maximum absolute atomic E-state index is 13.8. The lowest BCUT2D eigenvalue weighted by Gasteiger charge is -2.22. The minimum atomic E-state index is -4.50. The largest absolute Gasteiger partial charge is 0.451 e. The molecular weight excluding hydrogens is 525 g/mol. The van der Waals surface area contributed by atoms with Gasteiger partial charge in [-0.1, -0.05) is 47.0 Å². The Hall–Kier alpha value is -3.66. The highest BCUT2D eigenvalue weighted by atomic mass is 35.5. The molecule has 1 fully saturated rings. The fourth-order valence-electron chi connectivity index (χ4n) is 3.69. The van der Waals surface area contributed by atoms with Crippen LogP contribution in [0.25, 0.3) is 10.4 Å². The summed E-state index contributed by atoms with van der Waals surface area (Å²) in [5, 5.41) is 4.12. The van der Waals surface area contributed by atoms with Crippen LogP contribution in [-0.4, -0.2) is 33.8 Å². The molecule has 4 atom stereocenters. The fourth-order valence-corrected chi connectivity index (χ4v) is 5.28. The van der Waals surface area contributed by atoms with E-state index in [9.17, 15) is 18.9 Å². The van der Waals surface area contributed by atoms with Gasteiger partial charge in [-0.25, -0.2) is 9.36 Å². The van der Waals surface area contributed by atoms with Crippen molar-refractivity contribution >= 4 is 24.7 Å². The van der Waals surface area contributed by atoms with Crippen molar-refractivity contribution in [2.75, 3.05) is 6.61 Å². The lowest BCUT2D eigenvalue weighted by Crippen LogP contribution is -2.33. The third kappa shape index (κ3) is 6.02. The summed E-state index contributed by atoms with van der Waals surface area (Å²) in [6, 6.07) is 12.9. The zero-order chi connectivity index (χ0) is 26.6. The first-order valence-electron chi connectivity index (χ1n) is 11.0. The second-order valence-corrected chi connectivity index (χ2v) is 10.4. The van der Waals surface area contributed by atoms with Crippen LogP contribution in [0.5, 0.6) is 5.75 Å². The summed E-state index contributed by atoms with van der Waals surface area (Å²) in [4.78, 5) is 42.2. The molecule has 0 radical (unpaired) electrons. The first-order valence-corrected chi connectivity index (χ1v) is 12.9. The predicted molar refractivity (Wildman–Crippen MR) is 134 cm³/mol. The highest BCUT2D eigenvalue weighted by Crippen LogP contribution is 2.52. The molecule has 2 heterocycles. The molecule has 1 aliphatic rings. The van der Waals surface area contributed by atoms with Crippen LogP contribution >= 0.6 is 19.2 Å². The van der Waals surface area contributed by atoms with E-state index in [0.29, 0.717) is 5.02 Å². The molecule has 0 bridgehead atoms. The van der Waals surface area contributed by atoms with Crippen molar-refractivity contribution in [2.45, 2.75) is 31.7 Å². The topological polar surface area (TPSA) is 165 Å². The molecule has 1 saturated heterocycles. The van der Waals surface area contributed by atoms with Crippen LogP contribution < -0.4 is 15.8 Å². The van der Waals surface area contributed by atoms with E-state index in [4.69, 9.17) is 30.9 Å². The van der Waals surface area contributed by atoms with Gasteiger partial charge in [-0.3, -0.25) is 23.7 Å². The van der Waals surface area contributed by atoms with Gasteiger partial charge in [0.15, 0.2) is 0 Å². The van der Waals surface area contributed by atoms with Crippen LogP contribution in [-0.2, 0) is 13.8 Å². The number of azide groups is 1. The molecule has 1 aromatic heterocycles. The van der Waals surface area contributed by atoms with Gasteiger partial charge in [0.05, 0.1) is 18.8 Å². The second kappa shape index (κ2) is 11.2. The van der Waals surface area contributed by atoms with E-state index in [-0.39, 0.29) is 23.3 Å². The van der Waals surface area contributed by atoms with Crippen molar-refractivity contribution in [1.82, 2.24) is 9.55 Å². The van der Waals surface area contributed by atoms with E-state index >= 15 is 0 Å². The number of halogens is 1. The molecule has 37 heavy (non-hydrogen) atoms. The van der Waals surface area contributed by atoms with E-state index in [2.05, 4.69) is 15.0 Å². The highest BCUT2D eigenvalue weighted by molar-refractivity contribution is 7.73. The van der Waals surface area contributed by atoms with Gasteiger partial charge < -0.3 is 9.26 Å². The zero-order valence-corrected chi connectivity index (χ0v) is 21.0. The quantitative estimate of drug-likeness (QED) is 0.177. The lowest BCUT2D eigenvalue weighted by atomic mass is 10.1. The number of carbonyl (C=O) groups excluding carboxylic acids is 1. The molecule has 12 nitrogen and oxygen atoms in total. The number of nitrogens with zero attached hydrogens (tertiary/aromatic N) is 4. The van der Waals surface area contributed by atoms with Gasteiger partial charge in [-0.05, 0) is 36.7 Å². The second-order valence-electron chi connectivity index (χ2n) is 8.13. The molecule has 1 unspecified atom stereocenters. The van der Waals surface area contributed by atoms with Crippen LogP contribution in [0.2, 0.25) is 5.02 Å². The van der Waals surface area contributed by atoms with Gasteiger partial charge in [-0.15, -0.1) is 0 Å². The Morgan fingerprint density at radius 3 is 2.62 bits per heavy atom. The molecule has 14 heteroatoms. The van der Waals surface area contributed by atoms with E-state index < -0.39 is 49.3 Å². The summed E-state index contributed by atoms with van der Waals surface area (Å²) in [6.07, 6.45) is -0.493. The molecule has 2 aromatic carbocycles. The molecule has 0 spiro atoms. The van der Waals surface area contributed by atoms with Gasteiger partial charge >= 0.3 is 13.3 Å². The number of benzene rings is 2. The predicted octanol–water partition coefficient (Wildman–Crippen LogP) is 4.59. The number of ether oxygens (including phenoxy) is 1. The Labute approximate surface area is 214 Å². The van der Waals surface area contributed by atoms with E-state index in [0.717, 1.165) is 4.57 Å². The molecule has 192 valence electrons. The van der Waals surface area contributed by atoms with E-state index in [1.165, 1.54) is 49.5 Å². The summed E-state index contributed by atoms with van der Waals surface area (Å²) in [6.45, 7) is 1.06. The lowest BCUT2D eigenvalue weighted by molar-refractivity contribution is -0.0235. The first kappa shape index (κ1) is 26.4. The Kier molecular flexibility index (Phi) is 7.97. The first-order chi connectivity index (χ1) is 17.7. The third-order valence-electron chi connectivity index (χ3n) is 5.58. The maximum atomic E-state index is 13.8. The number of aryl methyl sites for hydroxylation is 1. The van der Waals surface area contributed by atoms with Crippen molar-refractivity contribution in [3.05, 3.63) is 108 Å². The molecule has 0 aliphatic carbocycles. The molecule has 1 aliphatic heterocycles. The number of hydrogen-bond acceptors (Lipinski definition) is 8. The maximum Gasteiger partial charge on any atom is 0.451 e. The number of hydrogen-bond donors (Lipinski definition) is 1. The Morgan fingerprint density at radius 2 is 1.95 bits per heavy atom. The molecule has 3 aromatic rings. The van der Waals surface area contributed by atoms with Crippen molar-refractivity contribution in [3.8, 4) is 5.75 Å². The average molecular weight is 546 g/mol. The van der Waals surface area contributed by atoms with Crippen molar-refractivity contribution < 1.29 is 23.1 Å². The minimum Gasteiger partial charge on any atom is -0.419 e. The van der Waals surface area contributed by atoms with Crippen LogP contribution in [0.15, 0.2) is 75.5 Å². The van der Waals surface area contributed by atoms with Gasteiger partial charge in [0.2, 0.25) is 0 Å². The zero-order valence-electron chi connectivity index (χ0n) is 19.4. The van der Waals surface area contributed by atoms with E-state index in [1.54, 1.807) is 18.2 Å². The molecule has 0 saturated carbocycles. The summed E-state index contributed by atoms with van der Waals surface area (Å²) in [7, 11) is -4.50. The van der Waals surface area contributed by atoms with Crippen molar-refractivity contribution in [3.63, 3.8) is 0 Å². The molecule has 4 rings (SSSR count). The number of aromatic amines is 1. The van der Waals surface area contributed by atoms with Gasteiger partial charge in [0.25, 0.3) is 11.1 Å². The minimum absolute atomic E-state index is 0.0679. The SMILES string of the molecule is Cc1cn([C@H]2C[C@H](N=[N+]=[N-])[C@@H](COP(=O)(Oc3ccc(Cl)cc3)C(=O)c3ccccc3)O2)c(=O)[nH]c1=O. The number of rotatable bonds is 9. The van der Waals surface area contributed by atoms with Crippen LogP contribution in [0, 0.1) is 6.92 Å². The smallest absolute Gasteiger partial charge is 0.419 e. The van der Waals surface area contributed by atoms with Gasteiger partial charge in [0, 0.05) is 33.7 Å². The number of carbonyl (C=O) groups is 1. The fraction of sp³-hybridized carbons (Fsp3) is 0.261. The van der Waals surface area contributed by atoms with Gasteiger partial charge in [-0.2, -0.15) is 0 Å². The summed E-state index contributed by atoms with van der Waals surface area (Å²) < 4.78 is 32.0. The highest BCUT2D eigenvalue weighted by Gasteiger charge is 2.42. The number of nitrogens with one attached hydrogen (secondary N) is 1. The molecular formula is C23H21ClN5O7P. The van der Waals surface area contributed by atoms with Gasteiger partial charge in [0.1, 0.15) is 12.0 Å². The Balaban J connectivity index is 1.60. The monoisotopic (exact) mass is 545 g/mol. The Bertz CT molecular complexity index is 1500. The van der Waals surface area contributed by atoms with Crippen molar-refractivity contribution in [2.24, 2.45) is 5.11 Å². The average Bonchev–Trinajstić information content (AvgIpc) is 3.29. The summed E-state index contributed by atoms with van der Waals surface area (Å²) >= 11 is 5.91. The Morgan fingerprint density at radius 1 is 1.24 bits per heavy atom. The summed E-state index contributed by atoms with van der Waals surface area (Å²) in [5.74, 6) is 0.0871. The van der Waals surface area contributed by atoms with Crippen LogP contribution in [0.1, 0.15) is 28.6 Å². The third-order valence-corrected chi connectivity index (χ3v) is 7.53. The molecule has 1 N–H and O–H groups in total. The molecule has 0 amide bonds. The summed E-state index contributed by atoms with van der Waals surface area (Å²) in [5.41, 5.74) is 7.27.